The third kappa shape index (κ3) is 4.27. The van der Waals surface area contributed by atoms with Gasteiger partial charge in [0.2, 0.25) is 11.8 Å². The molecule has 1 saturated heterocycles. The van der Waals surface area contributed by atoms with Crippen molar-refractivity contribution in [2.24, 2.45) is 0 Å². The maximum atomic E-state index is 13.1. The minimum atomic E-state index is -0.182. The van der Waals surface area contributed by atoms with Gasteiger partial charge in [0.25, 0.3) is 5.91 Å². The van der Waals surface area contributed by atoms with Crippen LogP contribution in [0.5, 0.6) is 5.88 Å². The summed E-state index contributed by atoms with van der Waals surface area (Å²) in [6.07, 6.45) is 6.64. The lowest BCUT2D eigenvalue weighted by Gasteiger charge is -2.33. The molecule has 7 heteroatoms. The highest BCUT2D eigenvalue weighted by atomic mass is 35.5. The van der Waals surface area contributed by atoms with E-state index in [1.807, 2.05) is 29.2 Å². The monoisotopic (exact) mass is 411 g/mol. The number of piperidine rings is 1. The van der Waals surface area contributed by atoms with E-state index in [1.54, 1.807) is 31.6 Å². The second-order valence-corrected chi connectivity index (χ2v) is 7.44. The number of nitrogens with zero attached hydrogens (tertiary/aromatic N) is 3. The number of carbonyl (C=O) groups excluding carboxylic acids is 1. The molecule has 1 aromatic carbocycles. The molecule has 1 amide bonds. The molecule has 1 aliphatic heterocycles. The Morgan fingerprint density at radius 2 is 2.07 bits per heavy atom. The molecular formula is C22H22ClN3O3. The van der Waals surface area contributed by atoms with Gasteiger partial charge >= 0.3 is 0 Å². The smallest absolute Gasteiger partial charge is 0.256 e. The summed E-state index contributed by atoms with van der Waals surface area (Å²) in [7, 11) is 1.55. The zero-order valence-electron chi connectivity index (χ0n) is 16.2. The number of rotatable bonds is 5. The summed E-state index contributed by atoms with van der Waals surface area (Å²) in [5.41, 5.74) is 1.51. The lowest BCUT2D eigenvalue weighted by molar-refractivity contribution is 0.0569. The largest absolute Gasteiger partial charge is 0.481 e. The number of methoxy groups -OCH3 is 1. The van der Waals surface area contributed by atoms with Crippen LogP contribution in [0.15, 0.2) is 53.2 Å². The predicted octanol–water partition coefficient (Wildman–Crippen LogP) is 4.69. The van der Waals surface area contributed by atoms with Crippen LogP contribution in [0.25, 0.3) is 0 Å². The number of pyridine rings is 1. The number of carbonyl (C=O) groups is 1. The molecule has 3 heterocycles. The third-order valence-corrected chi connectivity index (χ3v) is 5.50. The summed E-state index contributed by atoms with van der Waals surface area (Å²) < 4.78 is 11.1. The number of amides is 1. The highest BCUT2D eigenvalue weighted by molar-refractivity contribution is 6.31. The molecule has 6 nitrogen and oxygen atoms in total. The molecule has 2 aromatic heterocycles. The summed E-state index contributed by atoms with van der Waals surface area (Å²) in [5, 5.41) is 0.701. The van der Waals surface area contributed by atoms with Gasteiger partial charge in [-0.3, -0.25) is 4.79 Å². The Bertz CT molecular complexity index is 987. The molecule has 0 radical (unpaired) electrons. The van der Waals surface area contributed by atoms with Gasteiger partial charge in [0.05, 0.1) is 18.9 Å². The van der Waals surface area contributed by atoms with Gasteiger partial charge in [0.1, 0.15) is 11.8 Å². The third-order valence-electron chi connectivity index (χ3n) is 5.14. The quantitative estimate of drug-likeness (QED) is 0.609. The van der Waals surface area contributed by atoms with Crippen molar-refractivity contribution in [3.05, 3.63) is 76.6 Å². The van der Waals surface area contributed by atoms with Crippen molar-refractivity contribution in [1.82, 2.24) is 14.9 Å². The zero-order chi connectivity index (χ0) is 20.2. The van der Waals surface area contributed by atoms with Crippen molar-refractivity contribution in [1.29, 1.82) is 0 Å². The number of halogens is 1. The first-order chi connectivity index (χ1) is 14.2. The normalized spacial score (nSPS) is 16.6. The summed E-state index contributed by atoms with van der Waals surface area (Å²) in [6, 6.07) is 10.9. The van der Waals surface area contributed by atoms with Gasteiger partial charge in [-0.2, -0.15) is 0 Å². The van der Waals surface area contributed by atoms with Crippen LogP contribution in [0, 0.1) is 0 Å². The number of hydrogen-bond acceptors (Lipinski definition) is 5. The molecule has 0 N–H and O–H groups in total. The highest BCUT2D eigenvalue weighted by Gasteiger charge is 2.32. The van der Waals surface area contributed by atoms with Crippen molar-refractivity contribution in [3.8, 4) is 5.88 Å². The fourth-order valence-electron chi connectivity index (χ4n) is 3.61. The first-order valence-electron chi connectivity index (χ1n) is 9.64. The predicted molar refractivity (Wildman–Crippen MR) is 109 cm³/mol. The fourth-order valence-corrected chi connectivity index (χ4v) is 3.82. The number of likely N-dealkylation sites (tertiary alicyclic amines) is 1. The molecular weight excluding hydrogens is 390 g/mol. The molecule has 1 fully saturated rings. The Morgan fingerprint density at radius 1 is 1.21 bits per heavy atom. The second kappa shape index (κ2) is 8.66. The van der Waals surface area contributed by atoms with E-state index < -0.39 is 0 Å². The molecule has 0 bridgehead atoms. The van der Waals surface area contributed by atoms with Crippen LogP contribution in [-0.2, 0) is 6.42 Å². The van der Waals surface area contributed by atoms with Crippen LogP contribution in [-0.4, -0.2) is 34.4 Å². The van der Waals surface area contributed by atoms with E-state index >= 15 is 0 Å². The number of ether oxygens (including phenoxy) is 1. The molecule has 4 rings (SSSR count). The summed E-state index contributed by atoms with van der Waals surface area (Å²) in [4.78, 5) is 23.5. The lowest BCUT2D eigenvalue weighted by Crippen LogP contribution is -2.38. The zero-order valence-corrected chi connectivity index (χ0v) is 16.9. The Hall–Kier alpha value is -2.86. The van der Waals surface area contributed by atoms with Crippen molar-refractivity contribution in [3.63, 3.8) is 0 Å². The van der Waals surface area contributed by atoms with Gasteiger partial charge in [0, 0.05) is 30.3 Å². The molecule has 1 atom stereocenters. The van der Waals surface area contributed by atoms with Gasteiger partial charge in [-0.25, -0.2) is 9.97 Å². The van der Waals surface area contributed by atoms with E-state index in [2.05, 4.69) is 9.97 Å². The van der Waals surface area contributed by atoms with Gasteiger partial charge < -0.3 is 14.1 Å². The highest BCUT2D eigenvalue weighted by Crippen LogP contribution is 2.32. The molecule has 0 unspecified atom stereocenters. The van der Waals surface area contributed by atoms with Crippen LogP contribution in [0.1, 0.15) is 52.9 Å². The van der Waals surface area contributed by atoms with Gasteiger partial charge in [0.15, 0.2) is 0 Å². The average molecular weight is 412 g/mol. The van der Waals surface area contributed by atoms with Crippen molar-refractivity contribution >= 4 is 17.5 Å². The Labute approximate surface area is 174 Å². The van der Waals surface area contributed by atoms with Crippen LogP contribution >= 0.6 is 11.6 Å². The van der Waals surface area contributed by atoms with E-state index in [-0.39, 0.29) is 11.9 Å². The Morgan fingerprint density at radius 3 is 2.83 bits per heavy atom. The average Bonchev–Trinajstić information content (AvgIpc) is 3.23. The van der Waals surface area contributed by atoms with Crippen LogP contribution in [0.3, 0.4) is 0 Å². The minimum Gasteiger partial charge on any atom is -0.481 e. The first kappa shape index (κ1) is 19.5. The summed E-state index contributed by atoms with van der Waals surface area (Å²) in [5.74, 6) is 1.71. The molecule has 0 aliphatic carbocycles. The second-order valence-electron chi connectivity index (χ2n) is 7.03. The molecule has 29 heavy (non-hydrogen) atoms. The van der Waals surface area contributed by atoms with E-state index in [4.69, 9.17) is 20.8 Å². The maximum absolute atomic E-state index is 13.1. The van der Waals surface area contributed by atoms with E-state index in [1.165, 1.54) is 0 Å². The minimum absolute atomic E-state index is 0.0734. The Kier molecular flexibility index (Phi) is 5.81. The fraction of sp³-hybridized carbons (Fsp3) is 0.318. The van der Waals surface area contributed by atoms with Crippen molar-refractivity contribution in [2.75, 3.05) is 13.7 Å². The van der Waals surface area contributed by atoms with E-state index in [0.29, 0.717) is 35.3 Å². The Balaban J connectivity index is 1.53. The van der Waals surface area contributed by atoms with Crippen LogP contribution in [0.2, 0.25) is 5.02 Å². The lowest BCUT2D eigenvalue weighted by atomic mass is 10.0. The number of benzene rings is 1. The van der Waals surface area contributed by atoms with Crippen LogP contribution < -0.4 is 4.74 Å². The van der Waals surface area contributed by atoms with E-state index in [9.17, 15) is 4.79 Å². The van der Waals surface area contributed by atoms with Gasteiger partial charge in [-0.15, -0.1) is 0 Å². The molecule has 3 aromatic rings. The van der Waals surface area contributed by atoms with Gasteiger partial charge in [-0.05, 0) is 37.0 Å². The standard InChI is InChI=1S/C22H22ClN3O3/c1-28-20-10-9-16(13-24-20)22(27)26-11-5-4-8-19(26)21-25-14-17(29-21)12-15-6-2-3-7-18(15)23/h2-3,6-7,9-10,13-14,19H,4-5,8,11-12H2,1H3/t19-/m1/s1. The van der Waals surface area contributed by atoms with Crippen molar-refractivity contribution < 1.29 is 13.9 Å². The molecule has 0 spiro atoms. The number of oxazole rings is 1. The first-order valence-corrected chi connectivity index (χ1v) is 10.0. The number of aromatic nitrogens is 2. The van der Waals surface area contributed by atoms with Gasteiger partial charge in [-0.1, -0.05) is 29.8 Å². The topological polar surface area (TPSA) is 68.5 Å². The maximum Gasteiger partial charge on any atom is 0.256 e. The summed E-state index contributed by atoms with van der Waals surface area (Å²) in [6.45, 7) is 0.664. The SMILES string of the molecule is COc1ccc(C(=O)N2CCCC[C@@H]2c2ncc(Cc3ccccc3Cl)o2)cn1. The van der Waals surface area contributed by atoms with Crippen LogP contribution in [0.4, 0.5) is 0 Å². The molecule has 1 aliphatic rings. The number of hydrogen-bond donors (Lipinski definition) is 0. The molecule has 150 valence electrons. The van der Waals surface area contributed by atoms with Crippen molar-refractivity contribution in [2.45, 2.75) is 31.7 Å². The van der Waals surface area contributed by atoms with E-state index in [0.717, 1.165) is 30.6 Å². The summed E-state index contributed by atoms with van der Waals surface area (Å²) >= 11 is 6.25. The molecule has 0 saturated carbocycles.